The van der Waals surface area contributed by atoms with E-state index >= 15 is 0 Å². The summed E-state index contributed by atoms with van der Waals surface area (Å²) in [6.45, 7) is 0.571. The van der Waals surface area contributed by atoms with Gasteiger partial charge in [-0.3, -0.25) is 9.69 Å². The van der Waals surface area contributed by atoms with E-state index in [0.29, 0.717) is 32.1 Å². The first kappa shape index (κ1) is 21.0. The van der Waals surface area contributed by atoms with Gasteiger partial charge >= 0.3 is 0 Å². The largest absolute Gasteiger partial charge is 0.467 e. The third kappa shape index (κ3) is 3.88. The molecule has 1 amide bonds. The summed E-state index contributed by atoms with van der Waals surface area (Å²) in [5, 5.41) is 1.33. The van der Waals surface area contributed by atoms with Gasteiger partial charge in [0, 0.05) is 33.2 Å². The van der Waals surface area contributed by atoms with Gasteiger partial charge in [0.2, 0.25) is 0 Å². The molecule has 0 atom stereocenters. The molecular formula is C24H16ClFN2O2S2. The average Bonchev–Trinajstić information content (AvgIpc) is 3.48. The number of thioether (sulfide) groups is 1. The molecule has 1 aliphatic rings. The van der Waals surface area contributed by atoms with E-state index in [9.17, 15) is 9.18 Å². The van der Waals surface area contributed by atoms with E-state index in [2.05, 4.69) is 0 Å². The summed E-state index contributed by atoms with van der Waals surface area (Å²) in [4.78, 5) is 15.1. The zero-order valence-electron chi connectivity index (χ0n) is 16.6. The lowest BCUT2D eigenvalue weighted by molar-refractivity contribution is -0.122. The molecule has 1 saturated heterocycles. The van der Waals surface area contributed by atoms with Crippen LogP contribution < -0.4 is 0 Å². The van der Waals surface area contributed by atoms with Crippen LogP contribution in [0, 0.1) is 5.82 Å². The smallest absolute Gasteiger partial charge is 0.266 e. The van der Waals surface area contributed by atoms with Crippen LogP contribution in [0.3, 0.4) is 0 Å². The fraction of sp³-hybridized carbons (Fsp3) is 0.0833. The number of hydrogen-bond acceptors (Lipinski definition) is 4. The normalized spacial score (nSPS) is 15.4. The predicted octanol–water partition coefficient (Wildman–Crippen LogP) is 6.48. The molecule has 8 heteroatoms. The third-order valence-electron chi connectivity index (χ3n) is 5.26. The van der Waals surface area contributed by atoms with Crippen LogP contribution in [0.15, 0.2) is 76.4 Å². The molecule has 5 rings (SSSR count). The van der Waals surface area contributed by atoms with Crippen LogP contribution in [-0.2, 0) is 17.9 Å². The van der Waals surface area contributed by atoms with Crippen LogP contribution >= 0.6 is 35.6 Å². The summed E-state index contributed by atoms with van der Waals surface area (Å²) in [6, 6.07) is 16.0. The van der Waals surface area contributed by atoms with Gasteiger partial charge in [0.15, 0.2) is 0 Å². The van der Waals surface area contributed by atoms with Gasteiger partial charge in [0.05, 0.1) is 24.3 Å². The minimum atomic E-state index is -0.351. The summed E-state index contributed by atoms with van der Waals surface area (Å²) in [6.07, 6.45) is 5.31. The molecule has 0 saturated carbocycles. The summed E-state index contributed by atoms with van der Waals surface area (Å²) in [7, 11) is 0. The maximum Gasteiger partial charge on any atom is 0.266 e. The van der Waals surface area contributed by atoms with E-state index in [1.165, 1.54) is 22.7 Å². The van der Waals surface area contributed by atoms with Crippen molar-refractivity contribution in [2.75, 3.05) is 0 Å². The lowest BCUT2D eigenvalue weighted by Crippen LogP contribution is -2.27. The molecule has 2 aromatic heterocycles. The van der Waals surface area contributed by atoms with Gasteiger partial charge in [-0.15, -0.1) is 0 Å². The van der Waals surface area contributed by atoms with E-state index in [-0.39, 0.29) is 18.3 Å². The van der Waals surface area contributed by atoms with Crippen molar-refractivity contribution in [3.8, 4) is 0 Å². The highest BCUT2D eigenvalue weighted by Gasteiger charge is 2.32. The molecule has 0 unspecified atom stereocenters. The fourth-order valence-corrected chi connectivity index (χ4v) is 5.18. The van der Waals surface area contributed by atoms with Crippen molar-refractivity contribution in [3.05, 3.63) is 99.7 Å². The molecule has 3 heterocycles. The van der Waals surface area contributed by atoms with Crippen molar-refractivity contribution in [2.24, 2.45) is 0 Å². The molecule has 0 radical (unpaired) electrons. The Labute approximate surface area is 198 Å². The highest BCUT2D eigenvalue weighted by molar-refractivity contribution is 8.26. The zero-order valence-corrected chi connectivity index (χ0v) is 19.0. The molecule has 2 aromatic carbocycles. The molecule has 0 spiro atoms. The number of para-hydroxylation sites is 1. The third-order valence-corrected chi connectivity index (χ3v) is 7.00. The molecular weight excluding hydrogens is 467 g/mol. The maximum atomic E-state index is 14.4. The van der Waals surface area contributed by atoms with Gasteiger partial charge in [0.1, 0.15) is 15.9 Å². The van der Waals surface area contributed by atoms with Crippen LogP contribution in [0.4, 0.5) is 4.39 Å². The topological polar surface area (TPSA) is 38.4 Å². The highest BCUT2D eigenvalue weighted by atomic mass is 35.5. The van der Waals surface area contributed by atoms with Crippen LogP contribution in [0.2, 0.25) is 5.02 Å². The number of aromatic nitrogens is 1. The number of amides is 1. The first-order valence-electron chi connectivity index (χ1n) is 9.80. The minimum Gasteiger partial charge on any atom is -0.467 e. The quantitative estimate of drug-likeness (QED) is 0.241. The number of carbonyl (C=O) groups is 1. The highest BCUT2D eigenvalue weighted by Crippen LogP contribution is 2.35. The molecule has 32 heavy (non-hydrogen) atoms. The molecule has 1 fully saturated rings. The number of halogens is 2. The van der Waals surface area contributed by atoms with Gasteiger partial charge < -0.3 is 8.98 Å². The standard InChI is InChI=1S/C24H16ClFN2O2S2/c25-19-7-3-8-20(26)18(19)14-27-12-15(17-6-1-2-9-21(17)27)11-22-23(29)28(24(31)32-22)13-16-5-4-10-30-16/h1-12H,13-14H2/b22-11-. The van der Waals surface area contributed by atoms with Gasteiger partial charge in [-0.2, -0.15) is 0 Å². The van der Waals surface area contributed by atoms with E-state index < -0.39 is 0 Å². The Morgan fingerprint density at radius 1 is 1.09 bits per heavy atom. The van der Waals surface area contributed by atoms with Gasteiger partial charge in [-0.25, -0.2) is 4.39 Å². The molecule has 0 aliphatic carbocycles. The molecule has 4 nitrogen and oxygen atoms in total. The van der Waals surface area contributed by atoms with Crippen LogP contribution in [0.5, 0.6) is 0 Å². The van der Waals surface area contributed by atoms with E-state index in [1.54, 1.807) is 24.5 Å². The van der Waals surface area contributed by atoms with E-state index in [1.807, 2.05) is 47.2 Å². The molecule has 0 N–H and O–H groups in total. The number of furan rings is 1. The second-order valence-corrected chi connectivity index (χ2v) is 9.36. The van der Waals surface area contributed by atoms with Crippen LogP contribution in [-0.4, -0.2) is 19.7 Å². The number of hydrogen-bond donors (Lipinski definition) is 0. The molecule has 4 aromatic rings. The minimum absolute atomic E-state index is 0.162. The number of rotatable bonds is 5. The Morgan fingerprint density at radius 2 is 1.94 bits per heavy atom. The van der Waals surface area contributed by atoms with Gasteiger partial charge in [0.25, 0.3) is 5.91 Å². The Bertz CT molecular complexity index is 1360. The van der Waals surface area contributed by atoms with Gasteiger partial charge in [-0.1, -0.05) is 59.8 Å². The Balaban J connectivity index is 1.50. The number of benzene rings is 2. The molecule has 0 bridgehead atoms. The van der Waals surface area contributed by atoms with Gasteiger partial charge in [-0.05, 0) is 36.4 Å². The lowest BCUT2D eigenvalue weighted by Gasteiger charge is -2.11. The number of fused-ring (bicyclic) bond motifs is 1. The summed E-state index contributed by atoms with van der Waals surface area (Å²) in [5.74, 6) is 0.155. The SMILES string of the molecule is O=C1/C(=C/c2cn(Cc3c(F)cccc3Cl)c3ccccc23)SC(=S)N1Cc1ccco1. The first-order chi connectivity index (χ1) is 15.5. The van der Waals surface area contributed by atoms with Crippen molar-refractivity contribution in [2.45, 2.75) is 13.1 Å². The number of carbonyl (C=O) groups excluding carboxylic acids is 1. The molecule has 160 valence electrons. The van der Waals surface area contributed by atoms with Crippen molar-refractivity contribution >= 4 is 62.8 Å². The Kier molecular flexibility index (Phi) is 5.63. The Hall–Kier alpha value is -2.87. The van der Waals surface area contributed by atoms with Crippen molar-refractivity contribution in [1.29, 1.82) is 0 Å². The van der Waals surface area contributed by atoms with Crippen LogP contribution in [0.25, 0.3) is 17.0 Å². The summed E-state index contributed by atoms with van der Waals surface area (Å²) in [5.41, 5.74) is 2.20. The predicted molar refractivity (Wildman–Crippen MR) is 130 cm³/mol. The van der Waals surface area contributed by atoms with Crippen LogP contribution in [0.1, 0.15) is 16.9 Å². The van der Waals surface area contributed by atoms with E-state index in [0.717, 1.165) is 16.5 Å². The monoisotopic (exact) mass is 482 g/mol. The number of nitrogens with zero attached hydrogens (tertiary/aromatic N) is 2. The lowest BCUT2D eigenvalue weighted by atomic mass is 10.1. The van der Waals surface area contributed by atoms with Crippen molar-refractivity contribution in [1.82, 2.24) is 9.47 Å². The van der Waals surface area contributed by atoms with E-state index in [4.69, 9.17) is 28.2 Å². The average molecular weight is 483 g/mol. The fourth-order valence-electron chi connectivity index (χ4n) is 3.71. The zero-order chi connectivity index (χ0) is 22.2. The first-order valence-corrected chi connectivity index (χ1v) is 11.4. The van der Waals surface area contributed by atoms with Crippen molar-refractivity contribution < 1.29 is 13.6 Å². The molecule has 1 aliphatic heterocycles. The Morgan fingerprint density at radius 3 is 2.72 bits per heavy atom. The summed E-state index contributed by atoms with van der Waals surface area (Å²) < 4.78 is 22.2. The summed E-state index contributed by atoms with van der Waals surface area (Å²) >= 11 is 12.9. The maximum absolute atomic E-state index is 14.4. The number of thiocarbonyl (C=S) groups is 1. The second kappa shape index (κ2) is 8.58. The van der Waals surface area contributed by atoms with Crippen molar-refractivity contribution in [3.63, 3.8) is 0 Å². The second-order valence-electron chi connectivity index (χ2n) is 7.28.